The van der Waals surface area contributed by atoms with Crippen LogP contribution in [-0.4, -0.2) is 58.0 Å². The Morgan fingerprint density at radius 3 is 2.69 bits per heavy atom. The largest absolute Gasteiger partial charge is 0.382 e. The lowest BCUT2D eigenvalue weighted by Crippen LogP contribution is -2.39. The van der Waals surface area contributed by atoms with E-state index in [0.29, 0.717) is 13.2 Å². The number of ether oxygens (including phenoxy) is 2. The van der Waals surface area contributed by atoms with E-state index in [4.69, 9.17) is 9.47 Å². The van der Waals surface area contributed by atoms with Crippen LogP contribution in [0, 0.1) is 0 Å². The zero-order valence-corrected chi connectivity index (χ0v) is 17.9. The Balaban J connectivity index is 0.00000338. The van der Waals surface area contributed by atoms with Gasteiger partial charge in [-0.25, -0.2) is 0 Å². The second-order valence-electron chi connectivity index (χ2n) is 5.63. The highest BCUT2D eigenvalue weighted by Gasteiger charge is 2.02. The molecule has 2 N–H and O–H groups in total. The number of para-hydroxylation sites is 1. The molecule has 2 rings (SSSR count). The van der Waals surface area contributed by atoms with Crippen LogP contribution in [-0.2, 0) is 15.9 Å². The lowest BCUT2D eigenvalue weighted by molar-refractivity contribution is 0.0698. The SMILES string of the molecule is CN=C(NCCCOCCOC)NCCc1cccc2cccnc12.I. The summed E-state index contributed by atoms with van der Waals surface area (Å²) < 4.78 is 10.4. The molecular weight excluding hydrogens is 443 g/mol. The van der Waals surface area contributed by atoms with Crippen molar-refractivity contribution < 1.29 is 9.47 Å². The van der Waals surface area contributed by atoms with E-state index in [1.54, 1.807) is 14.2 Å². The van der Waals surface area contributed by atoms with Gasteiger partial charge in [0, 0.05) is 45.4 Å². The maximum atomic E-state index is 5.44. The molecule has 0 saturated carbocycles. The molecule has 0 radical (unpaired) electrons. The molecule has 0 atom stereocenters. The smallest absolute Gasteiger partial charge is 0.190 e. The summed E-state index contributed by atoms with van der Waals surface area (Å²) in [5, 5.41) is 7.82. The van der Waals surface area contributed by atoms with Crippen LogP contribution in [0.5, 0.6) is 0 Å². The Kier molecular flexibility index (Phi) is 11.9. The number of hydrogen-bond acceptors (Lipinski definition) is 4. The second-order valence-corrected chi connectivity index (χ2v) is 5.63. The lowest BCUT2D eigenvalue weighted by Gasteiger charge is -2.12. The molecule has 1 heterocycles. The molecule has 0 saturated heterocycles. The molecule has 0 aliphatic rings. The third-order valence-electron chi connectivity index (χ3n) is 3.82. The molecule has 0 spiro atoms. The third-order valence-corrected chi connectivity index (χ3v) is 3.82. The van der Waals surface area contributed by atoms with Crippen LogP contribution in [0.3, 0.4) is 0 Å². The zero-order valence-electron chi connectivity index (χ0n) is 15.5. The number of guanidine groups is 1. The van der Waals surface area contributed by atoms with Gasteiger partial charge in [-0.15, -0.1) is 24.0 Å². The second kappa shape index (κ2) is 13.7. The summed E-state index contributed by atoms with van der Waals surface area (Å²) in [6, 6.07) is 10.4. The highest BCUT2D eigenvalue weighted by molar-refractivity contribution is 14.0. The first-order chi connectivity index (χ1) is 12.3. The molecule has 2 aromatic rings. The molecule has 1 aromatic heterocycles. The van der Waals surface area contributed by atoms with E-state index in [1.807, 2.05) is 12.3 Å². The van der Waals surface area contributed by atoms with Crippen molar-refractivity contribution in [1.82, 2.24) is 15.6 Å². The first kappa shape index (κ1) is 22.6. The van der Waals surface area contributed by atoms with Gasteiger partial charge in [-0.3, -0.25) is 9.98 Å². The number of nitrogens with zero attached hydrogens (tertiary/aromatic N) is 2. The summed E-state index contributed by atoms with van der Waals surface area (Å²) in [4.78, 5) is 8.74. The fraction of sp³-hybridized carbons (Fsp3) is 0.474. The van der Waals surface area contributed by atoms with E-state index in [-0.39, 0.29) is 24.0 Å². The van der Waals surface area contributed by atoms with Gasteiger partial charge in [0.05, 0.1) is 18.7 Å². The molecule has 1 aromatic carbocycles. The molecular formula is C19H29IN4O2. The number of nitrogens with one attached hydrogen (secondary N) is 2. The Morgan fingerprint density at radius 1 is 1.08 bits per heavy atom. The number of fused-ring (bicyclic) bond motifs is 1. The van der Waals surface area contributed by atoms with E-state index >= 15 is 0 Å². The van der Waals surface area contributed by atoms with Crippen LogP contribution < -0.4 is 10.6 Å². The first-order valence-electron chi connectivity index (χ1n) is 8.69. The predicted octanol–water partition coefficient (Wildman–Crippen LogP) is 2.61. The van der Waals surface area contributed by atoms with E-state index in [1.165, 1.54) is 10.9 Å². The number of halogens is 1. The van der Waals surface area contributed by atoms with Gasteiger partial charge in [-0.05, 0) is 24.5 Å². The standard InChI is InChI=1S/C19H28N4O2.HI/c1-20-19(22-11-5-13-25-15-14-24-2)23-12-9-17-7-3-6-16-8-4-10-21-18(16)17;/h3-4,6-8,10H,5,9,11-15H2,1-2H3,(H2,20,22,23);1H. The van der Waals surface area contributed by atoms with Crippen molar-refractivity contribution in [2.45, 2.75) is 12.8 Å². The molecule has 0 aliphatic carbocycles. The molecule has 0 fully saturated rings. The summed E-state index contributed by atoms with van der Waals surface area (Å²) in [6.07, 6.45) is 3.67. The normalized spacial score (nSPS) is 11.2. The highest BCUT2D eigenvalue weighted by atomic mass is 127. The average molecular weight is 472 g/mol. The molecule has 7 heteroatoms. The van der Waals surface area contributed by atoms with Crippen molar-refractivity contribution in [2.24, 2.45) is 4.99 Å². The van der Waals surface area contributed by atoms with Crippen molar-refractivity contribution in [3.63, 3.8) is 0 Å². The summed E-state index contributed by atoms with van der Waals surface area (Å²) in [5.74, 6) is 0.810. The molecule has 0 bridgehead atoms. The topological polar surface area (TPSA) is 67.8 Å². The summed E-state index contributed by atoms with van der Waals surface area (Å²) >= 11 is 0. The van der Waals surface area contributed by atoms with Gasteiger partial charge < -0.3 is 20.1 Å². The minimum Gasteiger partial charge on any atom is -0.382 e. The fourth-order valence-corrected chi connectivity index (χ4v) is 2.53. The van der Waals surface area contributed by atoms with E-state index in [0.717, 1.165) is 44.0 Å². The number of benzene rings is 1. The average Bonchev–Trinajstić information content (AvgIpc) is 2.66. The molecule has 0 unspecified atom stereocenters. The van der Waals surface area contributed by atoms with Gasteiger partial charge in [0.25, 0.3) is 0 Å². The number of rotatable bonds is 10. The van der Waals surface area contributed by atoms with Crippen molar-refractivity contribution >= 4 is 40.8 Å². The predicted molar refractivity (Wildman–Crippen MR) is 118 cm³/mol. The fourth-order valence-electron chi connectivity index (χ4n) is 2.53. The monoisotopic (exact) mass is 472 g/mol. The summed E-state index contributed by atoms with van der Waals surface area (Å²) in [7, 11) is 3.46. The van der Waals surface area contributed by atoms with Crippen LogP contribution in [0.2, 0.25) is 0 Å². The van der Waals surface area contributed by atoms with E-state index < -0.39 is 0 Å². The van der Waals surface area contributed by atoms with Crippen LogP contribution in [0.25, 0.3) is 10.9 Å². The Bertz CT molecular complexity index is 662. The number of aliphatic imine (C=N–C) groups is 1. The van der Waals surface area contributed by atoms with E-state index in [9.17, 15) is 0 Å². The minimum atomic E-state index is 0. The highest BCUT2D eigenvalue weighted by Crippen LogP contribution is 2.15. The number of methoxy groups -OCH3 is 1. The van der Waals surface area contributed by atoms with Crippen molar-refractivity contribution in [3.05, 3.63) is 42.1 Å². The van der Waals surface area contributed by atoms with Crippen LogP contribution in [0.1, 0.15) is 12.0 Å². The van der Waals surface area contributed by atoms with Crippen molar-refractivity contribution in [3.8, 4) is 0 Å². The Morgan fingerprint density at radius 2 is 1.88 bits per heavy atom. The summed E-state index contributed by atoms with van der Waals surface area (Å²) in [6.45, 7) is 3.62. The van der Waals surface area contributed by atoms with Crippen LogP contribution in [0.4, 0.5) is 0 Å². The molecule has 0 amide bonds. The van der Waals surface area contributed by atoms with Crippen molar-refractivity contribution in [2.75, 3.05) is 47.1 Å². The van der Waals surface area contributed by atoms with Gasteiger partial charge in [-0.2, -0.15) is 0 Å². The molecule has 144 valence electrons. The third kappa shape index (κ3) is 7.84. The van der Waals surface area contributed by atoms with Gasteiger partial charge in [-0.1, -0.05) is 24.3 Å². The number of aromatic nitrogens is 1. The van der Waals surface area contributed by atoms with Gasteiger partial charge in [0.15, 0.2) is 5.96 Å². The van der Waals surface area contributed by atoms with E-state index in [2.05, 4.69) is 44.9 Å². The Labute approximate surface area is 172 Å². The van der Waals surface area contributed by atoms with Crippen LogP contribution >= 0.6 is 24.0 Å². The van der Waals surface area contributed by atoms with Crippen molar-refractivity contribution in [1.29, 1.82) is 0 Å². The Hall–Kier alpha value is -1.45. The number of pyridine rings is 1. The molecule has 0 aliphatic heterocycles. The van der Waals surface area contributed by atoms with Gasteiger partial charge in [0.1, 0.15) is 0 Å². The van der Waals surface area contributed by atoms with Gasteiger partial charge >= 0.3 is 0 Å². The minimum absolute atomic E-state index is 0. The maximum Gasteiger partial charge on any atom is 0.190 e. The van der Waals surface area contributed by atoms with Gasteiger partial charge in [0.2, 0.25) is 0 Å². The quantitative estimate of drug-likeness (QED) is 0.241. The zero-order chi connectivity index (χ0) is 17.7. The summed E-state index contributed by atoms with van der Waals surface area (Å²) in [5.41, 5.74) is 2.32. The first-order valence-corrected chi connectivity index (χ1v) is 8.69. The maximum absolute atomic E-state index is 5.44. The molecule has 6 nitrogen and oxygen atoms in total. The number of hydrogen-bond donors (Lipinski definition) is 2. The molecule has 26 heavy (non-hydrogen) atoms. The van der Waals surface area contributed by atoms with Crippen LogP contribution in [0.15, 0.2) is 41.5 Å². The lowest BCUT2D eigenvalue weighted by atomic mass is 10.1.